The summed E-state index contributed by atoms with van der Waals surface area (Å²) < 4.78 is 0. The summed E-state index contributed by atoms with van der Waals surface area (Å²) in [6.45, 7) is 5.62. The maximum atomic E-state index is 12.2. The van der Waals surface area contributed by atoms with Crippen LogP contribution in [0.25, 0.3) is 0 Å². The molecule has 17 heavy (non-hydrogen) atoms. The first-order valence-corrected chi connectivity index (χ1v) is 6.62. The number of rotatable bonds is 6. The highest BCUT2D eigenvalue weighted by molar-refractivity contribution is 6.30. The van der Waals surface area contributed by atoms with Crippen LogP contribution in [0.5, 0.6) is 0 Å². The monoisotopic (exact) mass is 253 g/mol. The van der Waals surface area contributed by atoms with Gasteiger partial charge in [-0.15, -0.1) is 11.6 Å². The Morgan fingerprint density at radius 3 is 2.47 bits per heavy atom. The molecule has 0 heterocycles. The third-order valence-corrected chi connectivity index (χ3v) is 3.22. The van der Waals surface area contributed by atoms with Crippen molar-refractivity contribution in [3.05, 3.63) is 35.9 Å². The molecule has 1 unspecified atom stereocenters. The number of likely N-dealkylation sites (N-methyl/N-ethyl adjacent to an activating group) is 1. The van der Waals surface area contributed by atoms with E-state index in [0.717, 1.165) is 31.5 Å². The summed E-state index contributed by atoms with van der Waals surface area (Å²) in [6, 6.07) is 9.51. The van der Waals surface area contributed by atoms with Crippen LogP contribution in [0.3, 0.4) is 0 Å². The number of amides is 1. The molecule has 0 saturated carbocycles. The number of halogens is 1. The highest BCUT2D eigenvalue weighted by Gasteiger charge is 2.22. The SMILES string of the molecule is CCCCN(CC)C(=O)C(Cl)c1ccccc1. The number of carbonyl (C=O) groups excluding carboxylic acids is 1. The molecular weight excluding hydrogens is 234 g/mol. The minimum atomic E-state index is -0.562. The molecule has 94 valence electrons. The normalized spacial score (nSPS) is 12.2. The first-order valence-electron chi connectivity index (χ1n) is 6.18. The van der Waals surface area contributed by atoms with Gasteiger partial charge in [0.25, 0.3) is 0 Å². The van der Waals surface area contributed by atoms with Crippen molar-refractivity contribution in [1.82, 2.24) is 4.90 Å². The van der Waals surface area contributed by atoms with E-state index in [1.54, 1.807) is 0 Å². The van der Waals surface area contributed by atoms with Crippen molar-refractivity contribution in [3.8, 4) is 0 Å². The van der Waals surface area contributed by atoms with Gasteiger partial charge in [-0.25, -0.2) is 0 Å². The number of hydrogen-bond donors (Lipinski definition) is 0. The van der Waals surface area contributed by atoms with Crippen molar-refractivity contribution in [2.24, 2.45) is 0 Å². The highest BCUT2D eigenvalue weighted by atomic mass is 35.5. The first kappa shape index (κ1) is 14.0. The zero-order valence-corrected chi connectivity index (χ0v) is 11.3. The standard InChI is InChI=1S/C14H20ClNO/c1-3-5-11-16(4-2)14(17)13(15)12-9-7-6-8-10-12/h6-10,13H,3-5,11H2,1-2H3. The van der Waals surface area contributed by atoms with E-state index in [0.29, 0.717) is 0 Å². The van der Waals surface area contributed by atoms with Gasteiger partial charge in [0.2, 0.25) is 5.91 Å². The number of nitrogens with zero attached hydrogens (tertiary/aromatic N) is 1. The largest absolute Gasteiger partial charge is 0.341 e. The van der Waals surface area contributed by atoms with E-state index in [1.807, 2.05) is 42.2 Å². The van der Waals surface area contributed by atoms with E-state index in [9.17, 15) is 4.79 Å². The maximum absolute atomic E-state index is 12.2. The summed E-state index contributed by atoms with van der Waals surface area (Å²) >= 11 is 6.22. The molecule has 0 fully saturated rings. The number of hydrogen-bond acceptors (Lipinski definition) is 1. The smallest absolute Gasteiger partial charge is 0.245 e. The molecule has 3 heteroatoms. The van der Waals surface area contributed by atoms with Crippen LogP contribution in [0.15, 0.2) is 30.3 Å². The quantitative estimate of drug-likeness (QED) is 0.709. The Morgan fingerprint density at radius 2 is 1.94 bits per heavy atom. The maximum Gasteiger partial charge on any atom is 0.245 e. The summed E-state index contributed by atoms with van der Waals surface area (Å²) in [5.41, 5.74) is 0.870. The van der Waals surface area contributed by atoms with E-state index in [1.165, 1.54) is 0 Å². The second kappa shape index (κ2) is 7.33. The Labute approximate surface area is 109 Å². The number of carbonyl (C=O) groups is 1. The Bertz CT molecular complexity index is 339. The third kappa shape index (κ3) is 4.04. The number of alkyl halides is 1. The van der Waals surface area contributed by atoms with E-state index in [-0.39, 0.29) is 5.91 Å². The van der Waals surface area contributed by atoms with Gasteiger partial charge in [-0.3, -0.25) is 4.79 Å². The lowest BCUT2D eigenvalue weighted by Gasteiger charge is -2.23. The predicted molar refractivity (Wildman–Crippen MR) is 72.2 cm³/mol. The summed E-state index contributed by atoms with van der Waals surface area (Å²) in [5, 5.41) is -0.562. The lowest BCUT2D eigenvalue weighted by molar-refractivity contribution is -0.130. The molecular formula is C14H20ClNO. The highest BCUT2D eigenvalue weighted by Crippen LogP contribution is 2.22. The fourth-order valence-corrected chi connectivity index (χ4v) is 1.98. The van der Waals surface area contributed by atoms with Gasteiger partial charge in [0.05, 0.1) is 0 Å². The average molecular weight is 254 g/mol. The molecule has 1 aromatic carbocycles. The molecule has 2 nitrogen and oxygen atoms in total. The van der Waals surface area contributed by atoms with Crippen LogP contribution in [-0.4, -0.2) is 23.9 Å². The molecule has 0 saturated heterocycles. The van der Waals surface area contributed by atoms with Gasteiger partial charge in [-0.05, 0) is 18.9 Å². The van der Waals surface area contributed by atoms with E-state index in [2.05, 4.69) is 6.92 Å². The van der Waals surface area contributed by atoms with E-state index < -0.39 is 5.38 Å². The van der Waals surface area contributed by atoms with Crippen LogP contribution >= 0.6 is 11.6 Å². The van der Waals surface area contributed by atoms with Crippen LogP contribution in [0, 0.1) is 0 Å². The Kier molecular flexibility index (Phi) is 6.06. The summed E-state index contributed by atoms with van der Waals surface area (Å²) in [6.07, 6.45) is 2.11. The first-order chi connectivity index (χ1) is 8.20. The van der Waals surface area contributed by atoms with Gasteiger partial charge in [-0.2, -0.15) is 0 Å². The van der Waals surface area contributed by atoms with Crippen LogP contribution in [0.4, 0.5) is 0 Å². The van der Waals surface area contributed by atoms with Crippen molar-refractivity contribution >= 4 is 17.5 Å². The molecule has 0 spiro atoms. The summed E-state index contributed by atoms with van der Waals surface area (Å²) in [5.74, 6) is 0.00816. The average Bonchev–Trinajstić information content (AvgIpc) is 2.39. The van der Waals surface area contributed by atoms with Gasteiger partial charge >= 0.3 is 0 Å². The molecule has 0 aromatic heterocycles. The van der Waals surface area contributed by atoms with Gasteiger partial charge in [0.1, 0.15) is 5.38 Å². The summed E-state index contributed by atoms with van der Waals surface area (Å²) in [7, 11) is 0. The number of unbranched alkanes of at least 4 members (excludes halogenated alkanes) is 1. The lowest BCUT2D eigenvalue weighted by Crippen LogP contribution is -2.34. The predicted octanol–water partition coefficient (Wildman–Crippen LogP) is 3.62. The fourth-order valence-electron chi connectivity index (χ4n) is 1.70. The molecule has 1 amide bonds. The molecule has 0 aliphatic rings. The molecule has 1 rings (SSSR count). The van der Waals surface area contributed by atoms with Crippen LogP contribution in [0.1, 0.15) is 37.6 Å². The number of benzene rings is 1. The van der Waals surface area contributed by atoms with Crippen molar-refractivity contribution in [2.75, 3.05) is 13.1 Å². The molecule has 0 aliphatic heterocycles. The van der Waals surface area contributed by atoms with Crippen molar-refractivity contribution in [2.45, 2.75) is 32.1 Å². The minimum absolute atomic E-state index is 0.00816. The third-order valence-electron chi connectivity index (χ3n) is 2.78. The zero-order valence-electron chi connectivity index (χ0n) is 10.5. The fraction of sp³-hybridized carbons (Fsp3) is 0.500. The second-order valence-electron chi connectivity index (χ2n) is 4.04. The Hall–Kier alpha value is -1.02. The molecule has 0 bridgehead atoms. The van der Waals surface area contributed by atoms with E-state index >= 15 is 0 Å². The van der Waals surface area contributed by atoms with Crippen molar-refractivity contribution in [1.29, 1.82) is 0 Å². The Morgan fingerprint density at radius 1 is 1.29 bits per heavy atom. The zero-order chi connectivity index (χ0) is 12.7. The second-order valence-corrected chi connectivity index (χ2v) is 4.48. The van der Waals surface area contributed by atoms with Crippen LogP contribution in [0.2, 0.25) is 0 Å². The molecule has 1 aromatic rings. The van der Waals surface area contributed by atoms with E-state index in [4.69, 9.17) is 11.6 Å². The van der Waals surface area contributed by atoms with Gasteiger partial charge in [0.15, 0.2) is 0 Å². The van der Waals surface area contributed by atoms with Crippen molar-refractivity contribution in [3.63, 3.8) is 0 Å². The molecule has 0 radical (unpaired) electrons. The Balaban J connectivity index is 2.67. The van der Waals surface area contributed by atoms with Gasteiger partial charge < -0.3 is 4.90 Å². The van der Waals surface area contributed by atoms with Gasteiger partial charge in [-0.1, -0.05) is 43.7 Å². The van der Waals surface area contributed by atoms with Crippen molar-refractivity contribution < 1.29 is 4.79 Å². The molecule has 0 N–H and O–H groups in total. The van der Waals surface area contributed by atoms with Crippen LogP contribution in [-0.2, 0) is 4.79 Å². The van der Waals surface area contributed by atoms with Crippen LogP contribution < -0.4 is 0 Å². The lowest BCUT2D eigenvalue weighted by atomic mass is 10.1. The minimum Gasteiger partial charge on any atom is -0.341 e. The van der Waals surface area contributed by atoms with Gasteiger partial charge in [0, 0.05) is 13.1 Å². The summed E-state index contributed by atoms with van der Waals surface area (Å²) in [4.78, 5) is 14.0. The molecule has 0 aliphatic carbocycles. The topological polar surface area (TPSA) is 20.3 Å². The molecule has 1 atom stereocenters.